The molecule has 134 valence electrons. The summed E-state index contributed by atoms with van der Waals surface area (Å²) >= 11 is 3.76. The predicted molar refractivity (Wildman–Crippen MR) is 110 cm³/mol. The van der Waals surface area contributed by atoms with Gasteiger partial charge in [0, 0.05) is 41.4 Å². The van der Waals surface area contributed by atoms with Crippen LogP contribution in [0.3, 0.4) is 0 Å². The van der Waals surface area contributed by atoms with E-state index in [2.05, 4.69) is 63.3 Å². The Morgan fingerprint density at radius 1 is 1.00 bits per heavy atom. The van der Waals surface area contributed by atoms with E-state index in [1.807, 2.05) is 0 Å². The van der Waals surface area contributed by atoms with Crippen molar-refractivity contribution in [2.24, 2.45) is 5.92 Å². The molecule has 4 aliphatic rings. The van der Waals surface area contributed by atoms with E-state index in [0.29, 0.717) is 17.3 Å². The van der Waals surface area contributed by atoms with Gasteiger partial charge in [0.1, 0.15) is 0 Å². The van der Waals surface area contributed by atoms with E-state index in [1.54, 1.807) is 22.3 Å². The van der Waals surface area contributed by atoms with Crippen LogP contribution in [0.5, 0.6) is 0 Å². The molecule has 2 aromatic rings. The highest BCUT2D eigenvalue weighted by Crippen LogP contribution is 2.63. The summed E-state index contributed by atoms with van der Waals surface area (Å²) < 4.78 is 1.25. The Bertz CT molecular complexity index is 868. The Morgan fingerprint density at radius 3 is 2.65 bits per heavy atom. The highest BCUT2D eigenvalue weighted by atomic mass is 79.9. The van der Waals surface area contributed by atoms with Crippen LogP contribution in [-0.2, 0) is 5.41 Å². The Hall–Kier alpha value is -1.12. The topological polar surface area (TPSA) is 3.24 Å². The minimum Gasteiger partial charge on any atom is -0.302 e. The first kappa shape index (κ1) is 15.9. The van der Waals surface area contributed by atoms with E-state index < -0.39 is 0 Å². The minimum absolute atomic E-state index is 0.344. The van der Waals surface area contributed by atoms with Crippen molar-refractivity contribution in [3.8, 4) is 0 Å². The second kappa shape index (κ2) is 5.69. The molecule has 0 aromatic heterocycles. The zero-order valence-corrected chi connectivity index (χ0v) is 16.8. The molecule has 1 nitrogen and oxygen atoms in total. The van der Waals surface area contributed by atoms with Gasteiger partial charge < -0.3 is 4.90 Å². The zero-order valence-electron chi connectivity index (χ0n) is 15.3. The van der Waals surface area contributed by atoms with E-state index in [9.17, 15) is 0 Å². The first-order chi connectivity index (χ1) is 12.7. The van der Waals surface area contributed by atoms with Gasteiger partial charge in [-0.3, -0.25) is 0 Å². The highest BCUT2D eigenvalue weighted by Gasteiger charge is 2.58. The standard InChI is InChI=1S/C24H26BrN/c25-17-9-10-20-21-12-24(22(20)11-17)15-26(13-16-5-1-2-6-16)14-23(24)19-8-4-3-7-18(19)21/h3-4,7-11,16,21,23H,1-2,5-6,12-15H2. The Labute approximate surface area is 164 Å². The van der Waals surface area contributed by atoms with E-state index in [0.717, 1.165) is 5.92 Å². The average molecular weight is 408 g/mol. The third-order valence-corrected chi connectivity index (χ3v) is 8.34. The van der Waals surface area contributed by atoms with Crippen molar-refractivity contribution in [2.45, 2.75) is 49.4 Å². The fourth-order valence-corrected chi connectivity index (χ4v) is 7.21. The number of likely N-dealkylation sites (tertiary alicyclic amines) is 1. The molecule has 26 heavy (non-hydrogen) atoms. The van der Waals surface area contributed by atoms with Crippen molar-refractivity contribution in [1.82, 2.24) is 4.90 Å². The van der Waals surface area contributed by atoms with Crippen LogP contribution in [0.1, 0.15) is 66.2 Å². The fourth-order valence-electron chi connectivity index (χ4n) is 6.85. The third-order valence-electron chi connectivity index (χ3n) is 7.85. The Balaban J connectivity index is 1.47. The number of halogens is 1. The van der Waals surface area contributed by atoms with Gasteiger partial charge in [0.25, 0.3) is 0 Å². The number of nitrogens with zero attached hydrogens (tertiary/aromatic N) is 1. The molecule has 2 heteroatoms. The van der Waals surface area contributed by atoms with Crippen molar-refractivity contribution < 1.29 is 0 Å². The average Bonchev–Trinajstić information content (AvgIpc) is 3.35. The van der Waals surface area contributed by atoms with Crippen LogP contribution in [0.25, 0.3) is 0 Å². The van der Waals surface area contributed by atoms with Crippen molar-refractivity contribution in [3.05, 3.63) is 69.2 Å². The van der Waals surface area contributed by atoms with Crippen LogP contribution in [-0.4, -0.2) is 24.5 Å². The van der Waals surface area contributed by atoms with Crippen molar-refractivity contribution in [1.29, 1.82) is 0 Å². The molecule has 1 spiro atoms. The summed E-state index contributed by atoms with van der Waals surface area (Å²) in [6.07, 6.45) is 7.13. The normalized spacial score (nSPS) is 32.5. The first-order valence-corrected chi connectivity index (χ1v) is 11.1. The van der Waals surface area contributed by atoms with E-state index in [1.165, 1.54) is 56.2 Å². The second-order valence-corrected chi connectivity index (χ2v) is 10.1. The van der Waals surface area contributed by atoms with Crippen molar-refractivity contribution in [2.75, 3.05) is 19.6 Å². The molecular weight excluding hydrogens is 382 g/mol. The molecule has 0 N–H and O–H groups in total. The fraction of sp³-hybridized carbons (Fsp3) is 0.500. The van der Waals surface area contributed by atoms with Crippen LogP contribution in [0.15, 0.2) is 46.9 Å². The molecule has 1 saturated heterocycles. The van der Waals surface area contributed by atoms with Crippen LogP contribution < -0.4 is 0 Å². The number of fused-ring (bicyclic) bond motifs is 3. The van der Waals surface area contributed by atoms with Gasteiger partial charge in [-0.1, -0.05) is 59.1 Å². The molecule has 2 aromatic carbocycles. The monoisotopic (exact) mass is 407 g/mol. The van der Waals surface area contributed by atoms with Gasteiger partial charge in [0.15, 0.2) is 0 Å². The molecule has 1 heterocycles. The summed E-state index contributed by atoms with van der Waals surface area (Å²) in [5.74, 6) is 2.23. The molecule has 3 unspecified atom stereocenters. The lowest BCUT2D eigenvalue weighted by atomic mass is 9.65. The lowest BCUT2D eigenvalue weighted by Gasteiger charge is -2.37. The van der Waals surface area contributed by atoms with E-state index >= 15 is 0 Å². The number of rotatable bonds is 2. The van der Waals surface area contributed by atoms with Crippen LogP contribution >= 0.6 is 15.9 Å². The zero-order chi connectivity index (χ0) is 17.3. The number of benzene rings is 2. The van der Waals surface area contributed by atoms with E-state index in [-0.39, 0.29) is 0 Å². The van der Waals surface area contributed by atoms with Gasteiger partial charge >= 0.3 is 0 Å². The summed E-state index contributed by atoms with van der Waals surface area (Å²) in [7, 11) is 0. The summed E-state index contributed by atoms with van der Waals surface area (Å²) in [6, 6.07) is 16.4. The molecule has 3 atom stereocenters. The van der Waals surface area contributed by atoms with E-state index in [4.69, 9.17) is 0 Å². The predicted octanol–water partition coefficient (Wildman–Crippen LogP) is 5.83. The van der Waals surface area contributed by atoms with Crippen LogP contribution in [0.4, 0.5) is 0 Å². The molecule has 2 fully saturated rings. The minimum atomic E-state index is 0.344. The number of hydrogen-bond acceptors (Lipinski definition) is 1. The molecular formula is C24H26BrN. The van der Waals surface area contributed by atoms with Crippen molar-refractivity contribution >= 4 is 15.9 Å². The lowest BCUT2D eigenvalue weighted by Crippen LogP contribution is -2.35. The third kappa shape index (κ3) is 2.12. The maximum atomic E-state index is 3.76. The summed E-state index contributed by atoms with van der Waals surface area (Å²) in [5.41, 5.74) is 6.84. The second-order valence-electron chi connectivity index (χ2n) is 9.17. The van der Waals surface area contributed by atoms with Gasteiger partial charge in [0.2, 0.25) is 0 Å². The summed E-state index contributed by atoms with van der Waals surface area (Å²) in [6.45, 7) is 3.85. The van der Waals surface area contributed by atoms with Crippen molar-refractivity contribution in [3.63, 3.8) is 0 Å². The Kier molecular flexibility index (Phi) is 3.48. The lowest BCUT2D eigenvalue weighted by molar-refractivity contribution is 0.260. The Morgan fingerprint density at radius 2 is 1.81 bits per heavy atom. The van der Waals surface area contributed by atoms with Gasteiger partial charge in [-0.15, -0.1) is 0 Å². The number of hydrogen-bond donors (Lipinski definition) is 0. The molecule has 3 aliphatic carbocycles. The molecule has 0 radical (unpaired) electrons. The summed E-state index contributed by atoms with van der Waals surface area (Å²) in [4.78, 5) is 2.83. The van der Waals surface area contributed by atoms with Gasteiger partial charge in [0.05, 0.1) is 0 Å². The molecule has 1 saturated carbocycles. The maximum Gasteiger partial charge on any atom is 0.0178 e. The van der Waals surface area contributed by atoms with Crippen LogP contribution in [0.2, 0.25) is 0 Å². The van der Waals surface area contributed by atoms with Gasteiger partial charge in [-0.2, -0.15) is 0 Å². The highest BCUT2D eigenvalue weighted by molar-refractivity contribution is 9.10. The molecule has 0 amide bonds. The molecule has 2 bridgehead atoms. The van der Waals surface area contributed by atoms with Gasteiger partial charge in [-0.05, 0) is 59.6 Å². The summed E-state index contributed by atoms with van der Waals surface area (Å²) in [5, 5.41) is 0. The molecule has 1 aliphatic heterocycles. The SMILES string of the molecule is Brc1ccc2c(c1)C13CC2c2ccccc2C1CN(CC1CCCC1)C3. The van der Waals surface area contributed by atoms with Gasteiger partial charge in [-0.25, -0.2) is 0 Å². The maximum absolute atomic E-state index is 3.76. The quantitative estimate of drug-likeness (QED) is 0.605. The largest absolute Gasteiger partial charge is 0.302 e. The molecule has 6 rings (SSSR count). The smallest absolute Gasteiger partial charge is 0.0178 e. The van der Waals surface area contributed by atoms with Crippen LogP contribution in [0, 0.1) is 5.92 Å². The first-order valence-electron chi connectivity index (χ1n) is 10.4.